The number of hydrogen-bond acceptors (Lipinski definition) is 5. The molecule has 0 radical (unpaired) electrons. The van der Waals surface area contributed by atoms with Gasteiger partial charge < -0.3 is 14.9 Å². The summed E-state index contributed by atoms with van der Waals surface area (Å²) in [6.45, 7) is 0.819. The van der Waals surface area contributed by atoms with E-state index in [4.69, 9.17) is 21.1 Å². The standard InChI is InChI=1S/C23H20ClN3O2/c1-28-23-12-17(14-26-27-15-19-7-4-5-9-21(19)24)10-11-22(23)29-16-20-8-3-2-6-18(20)13-25/h2-12,14,27H,15-16H2,1H3/b26-14-. The number of methoxy groups -OCH3 is 1. The van der Waals surface area contributed by atoms with Crippen LogP contribution in [0.4, 0.5) is 0 Å². The molecule has 0 aliphatic heterocycles. The van der Waals surface area contributed by atoms with Crippen molar-refractivity contribution in [2.45, 2.75) is 13.2 Å². The maximum atomic E-state index is 9.19. The normalized spacial score (nSPS) is 10.5. The Labute approximate surface area is 175 Å². The van der Waals surface area contributed by atoms with Gasteiger partial charge in [-0.25, -0.2) is 0 Å². The minimum atomic E-state index is 0.285. The molecule has 0 spiro atoms. The van der Waals surface area contributed by atoms with Crippen LogP contribution in [0.3, 0.4) is 0 Å². The highest BCUT2D eigenvalue weighted by atomic mass is 35.5. The van der Waals surface area contributed by atoms with Gasteiger partial charge in [0.2, 0.25) is 0 Å². The Bertz CT molecular complexity index is 1040. The number of nitrogens with one attached hydrogen (secondary N) is 1. The molecule has 0 saturated heterocycles. The molecule has 146 valence electrons. The maximum absolute atomic E-state index is 9.19. The highest BCUT2D eigenvalue weighted by Gasteiger charge is 2.07. The molecule has 3 aromatic carbocycles. The molecule has 29 heavy (non-hydrogen) atoms. The van der Waals surface area contributed by atoms with Crippen molar-refractivity contribution in [3.8, 4) is 17.6 Å². The second kappa shape index (κ2) is 10.2. The van der Waals surface area contributed by atoms with Gasteiger partial charge in [-0.15, -0.1) is 0 Å². The number of hydrazone groups is 1. The van der Waals surface area contributed by atoms with Crippen molar-refractivity contribution in [2.75, 3.05) is 7.11 Å². The summed E-state index contributed by atoms with van der Waals surface area (Å²) in [6, 6.07) is 22.7. The van der Waals surface area contributed by atoms with Crippen LogP contribution in [0.5, 0.6) is 11.5 Å². The minimum Gasteiger partial charge on any atom is -0.493 e. The number of rotatable bonds is 8. The molecule has 1 N–H and O–H groups in total. The Hall–Kier alpha value is -3.49. The fraction of sp³-hybridized carbons (Fsp3) is 0.130. The lowest BCUT2D eigenvalue weighted by Gasteiger charge is -2.12. The Kier molecular flexibility index (Phi) is 7.10. The van der Waals surface area contributed by atoms with Crippen LogP contribution in [0.2, 0.25) is 5.02 Å². The quantitative estimate of drug-likeness (QED) is 0.426. The summed E-state index contributed by atoms with van der Waals surface area (Å²) in [5.74, 6) is 1.19. The summed E-state index contributed by atoms with van der Waals surface area (Å²) in [5.41, 5.74) is 6.24. The van der Waals surface area contributed by atoms with Crippen LogP contribution in [0.1, 0.15) is 22.3 Å². The molecule has 0 atom stereocenters. The number of benzene rings is 3. The molecule has 0 aliphatic rings. The third-order valence-electron chi connectivity index (χ3n) is 4.24. The number of ether oxygens (including phenoxy) is 2. The van der Waals surface area contributed by atoms with Crippen molar-refractivity contribution in [3.05, 3.63) is 94.0 Å². The van der Waals surface area contributed by atoms with E-state index < -0.39 is 0 Å². The second-order valence-corrected chi connectivity index (χ2v) is 6.56. The fourth-order valence-corrected chi connectivity index (χ4v) is 2.89. The Morgan fingerprint density at radius 2 is 1.79 bits per heavy atom. The van der Waals surface area contributed by atoms with Gasteiger partial charge in [-0.3, -0.25) is 0 Å². The van der Waals surface area contributed by atoms with Crippen LogP contribution in [-0.4, -0.2) is 13.3 Å². The number of hydrogen-bond donors (Lipinski definition) is 1. The van der Waals surface area contributed by atoms with E-state index in [2.05, 4.69) is 16.6 Å². The highest BCUT2D eigenvalue weighted by Crippen LogP contribution is 2.28. The molecule has 0 bridgehead atoms. The summed E-state index contributed by atoms with van der Waals surface area (Å²) >= 11 is 6.13. The van der Waals surface area contributed by atoms with Crippen molar-refractivity contribution in [1.82, 2.24) is 5.43 Å². The second-order valence-electron chi connectivity index (χ2n) is 6.15. The fourth-order valence-electron chi connectivity index (χ4n) is 2.69. The Balaban J connectivity index is 1.62. The third-order valence-corrected chi connectivity index (χ3v) is 4.61. The Morgan fingerprint density at radius 3 is 2.55 bits per heavy atom. The number of halogens is 1. The molecule has 6 heteroatoms. The van der Waals surface area contributed by atoms with Gasteiger partial charge >= 0.3 is 0 Å². The van der Waals surface area contributed by atoms with E-state index in [1.165, 1.54) is 0 Å². The first-order chi connectivity index (χ1) is 14.2. The molecule has 0 amide bonds. The van der Waals surface area contributed by atoms with Crippen LogP contribution >= 0.6 is 11.6 Å². The summed E-state index contributed by atoms with van der Waals surface area (Å²) in [4.78, 5) is 0. The monoisotopic (exact) mass is 405 g/mol. The van der Waals surface area contributed by atoms with Gasteiger partial charge in [-0.2, -0.15) is 10.4 Å². The van der Waals surface area contributed by atoms with Gasteiger partial charge in [0, 0.05) is 10.6 Å². The van der Waals surface area contributed by atoms with Gasteiger partial charge in [0.15, 0.2) is 11.5 Å². The lowest BCUT2D eigenvalue weighted by atomic mass is 10.1. The van der Waals surface area contributed by atoms with Crippen LogP contribution in [0, 0.1) is 11.3 Å². The van der Waals surface area contributed by atoms with E-state index in [0.29, 0.717) is 28.6 Å². The zero-order valence-electron chi connectivity index (χ0n) is 15.9. The highest BCUT2D eigenvalue weighted by molar-refractivity contribution is 6.31. The van der Waals surface area contributed by atoms with E-state index in [1.54, 1.807) is 19.4 Å². The predicted molar refractivity (Wildman–Crippen MR) is 114 cm³/mol. The molecule has 0 heterocycles. The SMILES string of the molecule is COc1cc(/C=N\NCc2ccccc2Cl)ccc1OCc1ccccc1C#N. The van der Waals surface area contributed by atoms with Crippen molar-refractivity contribution >= 4 is 17.8 Å². The summed E-state index contributed by atoms with van der Waals surface area (Å²) < 4.78 is 11.3. The number of nitrogens with zero attached hydrogens (tertiary/aromatic N) is 2. The largest absolute Gasteiger partial charge is 0.493 e. The van der Waals surface area contributed by atoms with Crippen molar-refractivity contribution in [1.29, 1.82) is 5.26 Å². The maximum Gasteiger partial charge on any atom is 0.161 e. The summed E-state index contributed by atoms with van der Waals surface area (Å²) in [6.07, 6.45) is 1.70. The van der Waals surface area contributed by atoms with Crippen LogP contribution in [0.25, 0.3) is 0 Å². The van der Waals surface area contributed by atoms with Gasteiger partial charge in [0.1, 0.15) is 6.61 Å². The van der Waals surface area contributed by atoms with Gasteiger partial charge in [0.05, 0.1) is 31.5 Å². The van der Waals surface area contributed by atoms with Crippen LogP contribution in [0.15, 0.2) is 71.8 Å². The first-order valence-electron chi connectivity index (χ1n) is 8.99. The number of nitriles is 1. The molecule has 3 rings (SSSR count). The van der Waals surface area contributed by atoms with Gasteiger partial charge in [0.25, 0.3) is 0 Å². The smallest absolute Gasteiger partial charge is 0.161 e. The summed E-state index contributed by atoms with van der Waals surface area (Å²) in [5, 5.41) is 14.1. The zero-order valence-corrected chi connectivity index (χ0v) is 16.7. The topological polar surface area (TPSA) is 66.6 Å². The van der Waals surface area contributed by atoms with Crippen molar-refractivity contribution in [3.63, 3.8) is 0 Å². The lowest BCUT2D eigenvalue weighted by molar-refractivity contribution is 0.284. The Morgan fingerprint density at radius 1 is 1.03 bits per heavy atom. The average Bonchev–Trinajstić information content (AvgIpc) is 2.76. The van der Waals surface area contributed by atoms with E-state index in [1.807, 2.05) is 60.7 Å². The van der Waals surface area contributed by atoms with Crippen LogP contribution in [-0.2, 0) is 13.2 Å². The third kappa shape index (κ3) is 5.50. The average molecular weight is 406 g/mol. The molecular formula is C23H20ClN3O2. The van der Waals surface area contributed by atoms with Crippen molar-refractivity contribution in [2.24, 2.45) is 5.10 Å². The molecule has 0 aromatic heterocycles. The molecular weight excluding hydrogens is 386 g/mol. The molecule has 0 aliphatic carbocycles. The van der Waals surface area contributed by atoms with E-state index in [-0.39, 0.29) is 6.61 Å². The molecule has 0 fully saturated rings. The van der Waals surface area contributed by atoms with Crippen molar-refractivity contribution < 1.29 is 9.47 Å². The predicted octanol–water partition coefficient (Wildman–Crippen LogP) is 4.92. The van der Waals surface area contributed by atoms with E-state index >= 15 is 0 Å². The van der Waals surface area contributed by atoms with E-state index in [0.717, 1.165) is 16.7 Å². The summed E-state index contributed by atoms with van der Waals surface area (Å²) in [7, 11) is 1.59. The van der Waals surface area contributed by atoms with Crippen LogP contribution < -0.4 is 14.9 Å². The molecule has 0 saturated carbocycles. The zero-order chi connectivity index (χ0) is 20.5. The van der Waals surface area contributed by atoms with Gasteiger partial charge in [-0.1, -0.05) is 48.0 Å². The van der Waals surface area contributed by atoms with E-state index in [9.17, 15) is 5.26 Å². The van der Waals surface area contributed by atoms with Gasteiger partial charge in [-0.05, 0) is 41.5 Å². The lowest BCUT2D eigenvalue weighted by Crippen LogP contribution is -2.06. The molecule has 5 nitrogen and oxygen atoms in total. The molecule has 3 aromatic rings. The first kappa shape index (κ1) is 20.2. The molecule has 0 unspecified atom stereocenters. The minimum absolute atomic E-state index is 0.285. The first-order valence-corrected chi connectivity index (χ1v) is 9.37.